The van der Waals surface area contributed by atoms with Crippen LogP contribution in [0.25, 0.3) is 0 Å². The SMILES string of the molecule is CN(CCO)NC(=O)BC(N)=O. The molecule has 0 heterocycles. The summed E-state index contributed by atoms with van der Waals surface area (Å²) in [6.45, 7) is 0.248. The number of nitrogens with zero attached hydrogens (tertiary/aromatic N) is 1. The van der Waals surface area contributed by atoms with E-state index >= 15 is 0 Å². The molecule has 7 heteroatoms. The van der Waals surface area contributed by atoms with Gasteiger partial charge in [0.1, 0.15) is 0 Å². The van der Waals surface area contributed by atoms with Crippen molar-refractivity contribution in [2.45, 2.75) is 0 Å². The Bertz CT molecular complexity index is 175. The predicted molar refractivity (Wildman–Crippen MR) is 45.0 cm³/mol. The first-order chi connectivity index (χ1) is 5.56. The van der Waals surface area contributed by atoms with E-state index in [4.69, 9.17) is 10.8 Å². The van der Waals surface area contributed by atoms with Crippen LogP contribution >= 0.6 is 0 Å². The van der Waals surface area contributed by atoms with Gasteiger partial charge in [-0.2, -0.15) is 0 Å². The summed E-state index contributed by atoms with van der Waals surface area (Å²) < 4.78 is 0. The normalized spacial score (nSPS) is 9.58. The molecule has 0 aromatic rings. The smallest absolute Gasteiger partial charge is 0.342 e. The van der Waals surface area contributed by atoms with Crippen molar-refractivity contribution in [1.82, 2.24) is 10.4 Å². The van der Waals surface area contributed by atoms with Gasteiger partial charge in [0, 0.05) is 13.6 Å². The Labute approximate surface area is 70.9 Å². The van der Waals surface area contributed by atoms with Crippen LogP contribution in [0.2, 0.25) is 0 Å². The zero-order valence-corrected chi connectivity index (χ0v) is 6.91. The molecule has 0 spiro atoms. The highest BCUT2D eigenvalue weighted by Gasteiger charge is 2.10. The van der Waals surface area contributed by atoms with Crippen LogP contribution in [0.15, 0.2) is 0 Å². The van der Waals surface area contributed by atoms with Crippen molar-refractivity contribution in [3.05, 3.63) is 0 Å². The van der Waals surface area contributed by atoms with Crippen LogP contribution < -0.4 is 11.2 Å². The number of carbonyl (C=O) groups is 2. The highest BCUT2D eigenvalue weighted by molar-refractivity contribution is 6.96. The third-order valence-electron chi connectivity index (χ3n) is 1.09. The van der Waals surface area contributed by atoms with Gasteiger partial charge in [0.25, 0.3) is 0 Å². The van der Waals surface area contributed by atoms with Gasteiger partial charge in [-0.3, -0.25) is 15.0 Å². The summed E-state index contributed by atoms with van der Waals surface area (Å²) in [6, 6.07) is 0. The summed E-state index contributed by atoms with van der Waals surface area (Å²) >= 11 is 0. The number of amides is 2. The molecule has 4 N–H and O–H groups in total. The van der Waals surface area contributed by atoms with E-state index in [9.17, 15) is 9.59 Å². The molecule has 0 atom stereocenters. The maximum atomic E-state index is 10.8. The number of likely N-dealkylation sites (N-methyl/N-ethyl adjacent to an activating group) is 1. The molecule has 0 rings (SSSR count). The van der Waals surface area contributed by atoms with Crippen LogP contribution in [0.4, 0.5) is 9.59 Å². The van der Waals surface area contributed by atoms with Crippen LogP contribution in [0.5, 0.6) is 0 Å². The van der Waals surface area contributed by atoms with Gasteiger partial charge >= 0.3 is 7.28 Å². The molecular formula is C5H12BN3O3. The van der Waals surface area contributed by atoms with Crippen LogP contribution in [0.1, 0.15) is 0 Å². The van der Waals surface area contributed by atoms with Crippen LogP contribution in [-0.2, 0) is 0 Å². The van der Waals surface area contributed by atoms with Crippen molar-refractivity contribution in [2.75, 3.05) is 20.2 Å². The maximum Gasteiger partial charge on any atom is 0.342 e. The standard InChI is InChI=1S/C5H12BN3O3/c1-9(2-3-10)8-5(12)6-4(7)11/h6,10H,2-3H2,1H3,(H2,7,11)(H,8,12). The number of nitrogens with two attached hydrogens (primary N) is 1. The van der Waals surface area contributed by atoms with Crippen molar-refractivity contribution >= 4 is 18.9 Å². The summed E-state index contributed by atoms with van der Waals surface area (Å²) in [4.78, 5) is 21.0. The number of aliphatic hydroxyl groups is 1. The second-order valence-corrected chi connectivity index (χ2v) is 2.32. The number of aliphatic hydroxyl groups excluding tert-OH is 1. The van der Waals surface area contributed by atoms with Crippen molar-refractivity contribution in [3.8, 4) is 0 Å². The van der Waals surface area contributed by atoms with Crippen molar-refractivity contribution in [3.63, 3.8) is 0 Å². The molecule has 0 saturated carbocycles. The van der Waals surface area contributed by atoms with E-state index in [2.05, 4.69) is 5.43 Å². The zero-order chi connectivity index (χ0) is 9.56. The van der Waals surface area contributed by atoms with Gasteiger partial charge in [-0.25, -0.2) is 5.01 Å². The number of hydrazine groups is 1. The molecule has 0 saturated heterocycles. The number of primary amides is 1. The summed E-state index contributed by atoms with van der Waals surface area (Å²) in [5, 5.41) is 9.83. The lowest BCUT2D eigenvalue weighted by molar-refractivity contribution is 0.180. The number of hydrogen-bond acceptors (Lipinski definition) is 4. The minimum absolute atomic E-state index is 0.0622. The molecule has 0 aliphatic rings. The first kappa shape index (κ1) is 10.9. The highest BCUT2D eigenvalue weighted by Crippen LogP contribution is 1.75. The topological polar surface area (TPSA) is 95.7 Å². The molecule has 0 aromatic carbocycles. The molecule has 12 heavy (non-hydrogen) atoms. The molecule has 0 bridgehead atoms. The van der Waals surface area contributed by atoms with Crippen LogP contribution in [0, 0.1) is 0 Å². The summed E-state index contributed by atoms with van der Waals surface area (Å²) in [6.07, 6.45) is 0. The van der Waals surface area contributed by atoms with E-state index in [0.29, 0.717) is 6.54 Å². The quantitative estimate of drug-likeness (QED) is 0.332. The molecule has 6 nitrogen and oxygen atoms in total. The van der Waals surface area contributed by atoms with E-state index in [1.807, 2.05) is 0 Å². The second-order valence-electron chi connectivity index (χ2n) is 2.32. The summed E-state index contributed by atoms with van der Waals surface area (Å²) in [5.74, 6) is -1.15. The number of carbonyl (C=O) groups excluding carboxylic acids is 2. The van der Waals surface area contributed by atoms with Gasteiger partial charge in [-0.15, -0.1) is 0 Å². The minimum Gasteiger partial charge on any atom is -0.395 e. The van der Waals surface area contributed by atoms with Crippen LogP contribution in [0.3, 0.4) is 0 Å². The molecule has 0 aliphatic carbocycles. The molecule has 0 aromatic heterocycles. The third-order valence-corrected chi connectivity index (χ3v) is 1.09. The Morgan fingerprint density at radius 2 is 2.25 bits per heavy atom. The Balaban J connectivity index is 3.61. The molecular weight excluding hydrogens is 161 g/mol. The Morgan fingerprint density at radius 1 is 1.67 bits per heavy atom. The van der Waals surface area contributed by atoms with E-state index in [1.54, 1.807) is 7.05 Å². The number of nitrogens with one attached hydrogen (secondary N) is 1. The highest BCUT2D eigenvalue weighted by atomic mass is 16.3. The van der Waals surface area contributed by atoms with E-state index in [1.165, 1.54) is 5.01 Å². The van der Waals surface area contributed by atoms with Crippen LogP contribution in [-0.4, -0.2) is 49.2 Å². The number of rotatable bonds is 5. The average molecular weight is 173 g/mol. The van der Waals surface area contributed by atoms with E-state index in [-0.39, 0.29) is 13.9 Å². The average Bonchev–Trinajstić information content (AvgIpc) is 1.84. The Morgan fingerprint density at radius 3 is 2.67 bits per heavy atom. The van der Waals surface area contributed by atoms with Gasteiger partial charge < -0.3 is 10.8 Å². The van der Waals surface area contributed by atoms with Crippen molar-refractivity contribution in [1.29, 1.82) is 0 Å². The molecule has 0 unspecified atom stereocenters. The number of hydrogen-bond donors (Lipinski definition) is 3. The minimum atomic E-state index is -0.676. The molecule has 0 radical (unpaired) electrons. The zero-order valence-electron chi connectivity index (χ0n) is 6.91. The van der Waals surface area contributed by atoms with Gasteiger partial charge in [-0.1, -0.05) is 0 Å². The molecule has 0 fully saturated rings. The van der Waals surface area contributed by atoms with Gasteiger partial charge in [0.05, 0.1) is 6.61 Å². The fourth-order valence-corrected chi connectivity index (χ4v) is 0.617. The lowest BCUT2D eigenvalue weighted by Gasteiger charge is -2.15. The third kappa shape index (κ3) is 5.69. The lowest BCUT2D eigenvalue weighted by Crippen LogP contribution is -2.45. The second kappa shape index (κ2) is 5.56. The summed E-state index contributed by atoms with van der Waals surface area (Å²) in [7, 11) is 1.24. The van der Waals surface area contributed by atoms with Crippen molar-refractivity contribution in [2.24, 2.45) is 5.73 Å². The van der Waals surface area contributed by atoms with Crippen molar-refractivity contribution < 1.29 is 14.7 Å². The van der Waals surface area contributed by atoms with Gasteiger partial charge in [-0.05, 0) is 0 Å². The Kier molecular flexibility index (Phi) is 5.06. The maximum absolute atomic E-state index is 10.8. The summed E-state index contributed by atoms with van der Waals surface area (Å²) in [5.41, 5.74) is 7.12. The Hall–Kier alpha value is -1.08. The van der Waals surface area contributed by atoms with Gasteiger partial charge in [0.15, 0.2) is 11.6 Å². The molecule has 0 aliphatic heterocycles. The fourth-order valence-electron chi connectivity index (χ4n) is 0.617. The van der Waals surface area contributed by atoms with E-state index < -0.39 is 11.6 Å². The largest absolute Gasteiger partial charge is 0.395 e. The molecule has 2 amide bonds. The predicted octanol–water partition coefficient (Wildman–Crippen LogP) is -1.95. The first-order valence-corrected chi connectivity index (χ1v) is 3.46. The monoisotopic (exact) mass is 173 g/mol. The van der Waals surface area contributed by atoms with E-state index in [0.717, 1.165) is 0 Å². The lowest BCUT2D eigenvalue weighted by atomic mass is 9.77. The van der Waals surface area contributed by atoms with Gasteiger partial charge in [0.2, 0.25) is 0 Å². The first-order valence-electron chi connectivity index (χ1n) is 3.46. The fraction of sp³-hybridized carbons (Fsp3) is 0.600. The molecule has 68 valence electrons.